The second kappa shape index (κ2) is 8.55. The molecular weight excluding hydrogens is 383 g/mol. The van der Waals surface area contributed by atoms with E-state index in [1.165, 1.54) is 0 Å². The molecule has 1 aromatic carbocycles. The molecule has 0 heterocycles. The topological polar surface area (TPSA) is 89.9 Å². The van der Waals surface area contributed by atoms with Gasteiger partial charge in [-0.1, -0.05) is 55.6 Å². The van der Waals surface area contributed by atoms with Crippen molar-refractivity contribution in [1.29, 1.82) is 0 Å². The van der Waals surface area contributed by atoms with Gasteiger partial charge in [0.15, 0.2) is 5.75 Å². The molecule has 1 N–H and O–H groups in total. The Bertz CT molecular complexity index is 672. The largest absolute Gasteiger partial charge is 0.473 e. The van der Waals surface area contributed by atoms with Gasteiger partial charge in [-0.2, -0.15) is 0 Å². The van der Waals surface area contributed by atoms with E-state index in [0.29, 0.717) is 0 Å². The quantitative estimate of drug-likeness (QED) is 0.348. The molecule has 0 aliphatic carbocycles. The lowest BCUT2D eigenvalue weighted by molar-refractivity contribution is -0.158. The molecule has 0 aliphatic rings. The van der Waals surface area contributed by atoms with Gasteiger partial charge in [-0.3, -0.25) is 0 Å². The fraction of sp³-hybridized carbons (Fsp3) is 0.400. The number of aliphatic carboxylic acids is 1. The van der Waals surface area contributed by atoms with E-state index in [1.54, 1.807) is 0 Å². The van der Waals surface area contributed by atoms with Crippen LogP contribution in [0.4, 0.5) is 0 Å². The maximum absolute atomic E-state index is 12.3. The molecular formula is C15H15Cl3O6. The molecule has 1 atom stereocenters. The molecule has 0 aliphatic heterocycles. The van der Waals surface area contributed by atoms with Crippen LogP contribution in [0.15, 0.2) is 6.07 Å². The van der Waals surface area contributed by atoms with Gasteiger partial charge < -0.3 is 14.6 Å². The second-order valence-electron chi connectivity index (χ2n) is 5.37. The van der Waals surface area contributed by atoms with Crippen molar-refractivity contribution in [3.63, 3.8) is 0 Å². The van der Waals surface area contributed by atoms with Gasteiger partial charge in [0.2, 0.25) is 0 Å². The normalized spacial score (nSPS) is 12.0. The SMILES string of the molecule is CC(C)C(C)COC(=O)c1c(Cl)c(Cl)cc(Cl)c1OC(=O)C(=O)O. The predicted molar refractivity (Wildman–Crippen MR) is 89.0 cm³/mol. The van der Waals surface area contributed by atoms with Crippen LogP contribution in [0.25, 0.3) is 0 Å². The Kier molecular flexibility index (Phi) is 7.32. The molecule has 0 saturated carbocycles. The lowest BCUT2D eigenvalue weighted by atomic mass is 9.99. The first-order valence-corrected chi connectivity index (χ1v) is 7.99. The van der Waals surface area contributed by atoms with Crippen LogP contribution in [-0.2, 0) is 14.3 Å². The molecule has 1 aromatic rings. The van der Waals surface area contributed by atoms with Crippen molar-refractivity contribution in [3.8, 4) is 5.75 Å². The number of carbonyl (C=O) groups excluding carboxylic acids is 2. The number of hydrogen-bond acceptors (Lipinski definition) is 5. The van der Waals surface area contributed by atoms with E-state index in [2.05, 4.69) is 4.74 Å². The number of carbonyl (C=O) groups is 3. The van der Waals surface area contributed by atoms with E-state index in [4.69, 9.17) is 44.6 Å². The van der Waals surface area contributed by atoms with Gasteiger partial charge >= 0.3 is 17.9 Å². The van der Waals surface area contributed by atoms with Crippen molar-refractivity contribution in [1.82, 2.24) is 0 Å². The highest BCUT2D eigenvalue weighted by atomic mass is 35.5. The number of esters is 2. The molecule has 24 heavy (non-hydrogen) atoms. The van der Waals surface area contributed by atoms with E-state index < -0.39 is 29.2 Å². The summed E-state index contributed by atoms with van der Waals surface area (Å²) in [6, 6.07) is 1.13. The lowest BCUT2D eigenvalue weighted by Crippen LogP contribution is -2.22. The molecule has 0 aromatic heterocycles. The number of rotatable bonds is 5. The first kappa shape index (κ1) is 20.5. The fourth-order valence-corrected chi connectivity index (χ4v) is 2.19. The van der Waals surface area contributed by atoms with Crippen molar-refractivity contribution < 1.29 is 29.0 Å². The van der Waals surface area contributed by atoms with Crippen LogP contribution >= 0.6 is 34.8 Å². The van der Waals surface area contributed by atoms with Crippen LogP contribution in [0.2, 0.25) is 15.1 Å². The number of benzene rings is 1. The van der Waals surface area contributed by atoms with E-state index >= 15 is 0 Å². The van der Waals surface area contributed by atoms with E-state index in [0.717, 1.165) is 6.07 Å². The van der Waals surface area contributed by atoms with Crippen LogP contribution in [0.3, 0.4) is 0 Å². The van der Waals surface area contributed by atoms with Gasteiger partial charge in [-0.15, -0.1) is 0 Å². The maximum atomic E-state index is 12.3. The van der Waals surface area contributed by atoms with Crippen molar-refractivity contribution in [2.75, 3.05) is 6.61 Å². The minimum atomic E-state index is -1.86. The Morgan fingerprint density at radius 3 is 2.21 bits per heavy atom. The van der Waals surface area contributed by atoms with Gasteiger partial charge in [-0.25, -0.2) is 14.4 Å². The Labute approximate surface area is 153 Å². The summed E-state index contributed by atoms with van der Waals surface area (Å²) in [7, 11) is 0. The van der Waals surface area contributed by atoms with Gasteiger partial charge in [0.25, 0.3) is 0 Å². The third-order valence-corrected chi connectivity index (χ3v) is 4.38. The Morgan fingerprint density at radius 2 is 1.71 bits per heavy atom. The zero-order chi connectivity index (χ0) is 18.6. The van der Waals surface area contributed by atoms with Crippen molar-refractivity contribution in [2.45, 2.75) is 20.8 Å². The zero-order valence-electron chi connectivity index (χ0n) is 13.1. The summed E-state index contributed by atoms with van der Waals surface area (Å²) in [6.07, 6.45) is 0. The van der Waals surface area contributed by atoms with Crippen LogP contribution in [-0.4, -0.2) is 29.6 Å². The van der Waals surface area contributed by atoms with E-state index in [9.17, 15) is 14.4 Å². The summed E-state index contributed by atoms with van der Waals surface area (Å²) in [5.74, 6) is -4.59. The molecule has 1 unspecified atom stereocenters. The minimum Gasteiger partial charge on any atom is -0.473 e. The standard InChI is InChI=1S/C15H15Cl3O6/c1-6(2)7(3)5-23-14(21)10-11(18)8(16)4-9(17)12(10)24-15(22)13(19)20/h4,6-7H,5H2,1-3H3,(H,19,20). The molecule has 0 radical (unpaired) electrons. The number of carboxylic acids is 1. The molecule has 6 nitrogen and oxygen atoms in total. The highest BCUT2D eigenvalue weighted by molar-refractivity contribution is 6.46. The third-order valence-electron chi connectivity index (χ3n) is 3.32. The number of ether oxygens (including phenoxy) is 2. The van der Waals surface area contributed by atoms with Crippen molar-refractivity contribution in [3.05, 3.63) is 26.7 Å². The Balaban J connectivity index is 3.21. The number of halogens is 3. The van der Waals surface area contributed by atoms with Crippen molar-refractivity contribution in [2.24, 2.45) is 11.8 Å². The monoisotopic (exact) mass is 396 g/mol. The molecule has 0 spiro atoms. The maximum Gasteiger partial charge on any atom is 0.422 e. The summed E-state index contributed by atoms with van der Waals surface area (Å²) >= 11 is 17.7. The first-order chi connectivity index (χ1) is 11.1. The molecule has 0 fully saturated rings. The summed E-state index contributed by atoms with van der Waals surface area (Å²) in [5.41, 5.74) is -0.403. The molecule has 0 bridgehead atoms. The molecule has 9 heteroatoms. The number of carboxylic acid groups (broad SMARTS) is 1. The molecule has 1 rings (SSSR count). The zero-order valence-corrected chi connectivity index (χ0v) is 15.3. The number of hydrogen-bond donors (Lipinski definition) is 1. The van der Waals surface area contributed by atoms with Gasteiger partial charge in [-0.05, 0) is 17.9 Å². The van der Waals surface area contributed by atoms with Gasteiger partial charge in [0, 0.05) is 0 Å². The average molecular weight is 398 g/mol. The highest BCUT2D eigenvalue weighted by Crippen LogP contribution is 2.39. The van der Waals surface area contributed by atoms with Crippen LogP contribution < -0.4 is 4.74 Å². The summed E-state index contributed by atoms with van der Waals surface area (Å²) < 4.78 is 9.78. The Morgan fingerprint density at radius 1 is 1.12 bits per heavy atom. The lowest BCUT2D eigenvalue weighted by Gasteiger charge is -2.17. The first-order valence-electron chi connectivity index (χ1n) is 6.85. The van der Waals surface area contributed by atoms with Gasteiger partial charge in [0.1, 0.15) is 5.56 Å². The Hall–Kier alpha value is -1.50. The molecule has 0 saturated heterocycles. The second-order valence-corrected chi connectivity index (χ2v) is 6.57. The van der Waals surface area contributed by atoms with E-state index in [1.807, 2.05) is 20.8 Å². The predicted octanol–water partition coefficient (Wildman–Crippen LogP) is 4.09. The fourth-order valence-electron chi connectivity index (χ4n) is 1.47. The van der Waals surface area contributed by atoms with E-state index in [-0.39, 0.29) is 33.5 Å². The average Bonchev–Trinajstić information content (AvgIpc) is 2.49. The summed E-state index contributed by atoms with van der Waals surface area (Å²) in [5, 5.41) is 8.06. The van der Waals surface area contributed by atoms with Crippen LogP contribution in [0.1, 0.15) is 31.1 Å². The summed E-state index contributed by atoms with van der Waals surface area (Å²) in [4.78, 5) is 34.2. The smallest absolute Gasteiger partial charge is 0.422 e. The van der Waals surface area contributed by atoms with Crippen molar-refractivity contribution >= 4 is 52.7 Å². The summed E-state index contributed by atoms with van der Waals surface area (Å²) in [6.45, 7) is 5.89. The van der Waals surface area contributed by atoms with Crippen LogP contribution in [0, 0.1) is 11.8 Å². The molecule has 132 valence electrons. The minimum absolute atomic E-state index is 0.0624. The molecule has 0 amide bonds. The third kappa shape index (κ3) is 5.00. The highest BCUT2D eigenvalue weighted by Gasteiger charge is 2.28. The van der Waals surface area contributed by atoms with Gasteiger partial charge in [0.05, 0.1) is 21.7 Å². The van der Waals surface area contributed by atoms with Crippen LogP contribution in [0.5, 0.6) is 5.75 Å².